The first-order chi connectivity index (χ1) is 10.7. The van der Waals surface area contributed by atoms with Crippen LogP contribution in [0, 0.1) is 38.2 Å². The second kappa shape index (κ2) is 8.86. The van der Waals surface area contributed by atoms with E-state index in [0.717, 1.165) is 0 Å². The molecule has 23 heavy (non-hydrogen) atoms. The van der Waals surface area contributed by atoms with E-state index in [1.807, 2.05) is 0 Å². The summed E-state index contributed by atoms with van der Waals surface area (Å²) in [6, 6.07) is 3.63. The van der Waals surface area contributed by atoms with E-state index in [-0.39, 0.29) is 0 Å². The zero-order valence-electron chi connectivity index (χ0n) is 10.4. The molecule has 0 saturated heterocycles. The minimum Gasteiger partial charge on any atom is -0.0429 e. The average Bonchev–Trinajstić information content (AvgIpc) is 2.51. The molecule has 0 aliphatic carbocycles. The topological polar surface area (TPSA) is 0 Å². The zero-order valence-corrected chi connectivity index (χ0v) is 29.8. The first kappa shape index (κ1) is 22.4. The molecule has 0 heterocycles. The van der Waals surface area contributed by atoms with Crippen molar-refractivity contribution in [2.75, 3.05) is 0 Å². The second-order valence-electron chi connectivity index (χ2n) is 4.45. The van der Waals surface area contributed by atoms with Gasteiger partial charge in [0.2, 0.25) is 0 Å². The highest BCUT2D eigenvalue weighted by Gasteiger charge is 2.23. The van der Waals surface area contributed by atoms with Crippen molar-refractivity contribution >= 4 is 225 Å². The summed E-state index contributed by atoms with van der Waals surface area (Å²) in [5.41, 5.74) is 0. The summed E-state index contributed by atoms with van der Waals surface area (Å²) in [6.07, 6.45) is 0. The molecule has 0 N–H and O–H groups in total. The smallest absolute Gasteiger partial charge is 0.0415 e. The van der Waals surface area contributed by atoms with E-state index in [4.69, 9.17) is 0 Å². The highest BCUT2D eigenvalue weighted by atomic mass is 127. The summed E-state index contributed by atoms with van der Waals surface area (Å²) in [5.74, 6) is 0. The van der Waals surface area contributed by atoms with Gasteiger partial charge in [0.15, 0.2) is 0 Å². The molecule has 0 fully saturated rings. The largest absolute Gasteiger partial charge is 0.0429 e. The number of fused-ring (bicyclic) bond motifs is 2. The molecule has 3 aromatic carbocycles. The molecule has 3 aromatic rings. The molecule has 119 valence electrons. The Hall–Kier alpha value is 4.75. The van der Waals surface area contributed by atoms with Gasteiger partial charge < -0.3 is 0 Å². The van der Waals surface area contributed by atoms with Gasteiger partial charge in [0.25, 0.3) is 0 Å². The summed E-state index contributed by atoms with van der Waals surface area (Å²) in [7, 11) is 0. The lowest BCUT2D eigenvalue weighted by molar-refractivity contribution is 1.52. The zero-order chi connectivity index (χ0) is 17.2. The average molecular weight is 1310 g/mol. The van der Waals surface area contributed by atoms with Gasteiger partial charge in [-0.3, -0.25) is 0 Å². The minimum atomic E-state index is 1.21. The van der Waals surface area contributed by atoms with E-state index in [1.54, 1.807) is 0 Å². The second-order valence-corrected chi connectivity index (χ2v) is 14.2. The van der Waals surface area contributed by atoms with Crippen molar-refractivity contribution in [3.8, 4) is 0 Å². The first-order valence-corrected chi connectivity index (χ1v) is 15.4. The van der Waals surface area contributed by atoms with Crippen molar-refractivity contribution in [1.82, 2.24) is 0 Å². The number of hydrogen-bond acceptors (Lipinski definition) is 0. The number of rotatable bonds is 0. The predicted molar refractivity (Wildman–Crippen MR) is 175 cm³/mol. The molecular formula is C14I9. The molecule has 9 heteroatoms. The molecule has 0 atom stereocenters. The molecule has 0 aromatic heterocycles. The summed E-state index contributed by atoms with van der Waals surface area (Å²) in [5, 5.41) is 5.36. The Labute approximate surface area is 256 Å². The summed E-state index contributed by atoms with van der Waals surface area (Å²) in [6.45, 7) is 0. The number of halogens is 9. The monoisotopic (exact) mass is 1310 g/mol. The van der Waals surface area contributed by atoms with Crippen LogP contribution in [0.25, 0.3) is 21.5 Å². The quantitative estimate of drug-likeness (QED) is 0.0913. The van der Waals surface area contributed by atoms with Gasteiger partial charge in [0, 0.05) is 59.7 Å². The van der Waals surface area contributed by atoms with Gasteiger partial charge in [-0.2, -0.15) is 0 Å². The van der Waals surface area contributed by atoms with Crippen LogP contribution >= 0.6 is 203 Å². The fraction of sp³-hybridized carbons (Fsp3) is 0. The minimum absolute atomic E-state index is 1.21. The Morgan fingerprint density at radius 1 is 0.391 bits per heavy atom. The van der Waals surface area contributed by atoms with Crippen LogP contribution in [0.5, 0.6) is 0 Å². The molecule has 0 bridgehead atoms. The van der Waals surface area contributed by atoms with Crippen LogP contribution in [0.1, 0.15) is 0 Å². The van der Waals surface area contributed by atoms with Crippen molar-refractivity contribution in [3.63, 3.8) is 0 Å². The SMILES string of the molecule is Ic1[c]c2c(I)c3c(I)c(I)c(I)c(I)c3c(I)c2c(I)c1I. The molecule has 0 amide bonds. The van der Waals surface area contributed by atoms with E-state index >= 15 is 0 Å². The molecule has 0 aliphatic heterocycles. The third-order valence-electron chi connectivity index (χ3n) is 3.23. The third-order valence-corrected chi connectivity index (χ3v) is 17.8. The van der Waals surface area contributed by atoms with Crippen LogP contribution in [0.2, 0.25) is 0 Å². The van der Waals surface area contributed by atoms with Crippen LogP contribution < -0.4 is 0 Å². The predicted octanol–water partition coefficient (Wildman–Crippen LogP) is 9.23. The molecular weight excluding hydrogens is 1310 g/mol. The molecule has 1 radical (unpaired) electrons. The van der Waals surface area contributed by atoms with Crippen LogP contribution in [0.4, 0.5) is 0 Å². The Balaban J connectivity index is 2.77. The van der Waals surface area contributed by atoms with Gasteiger partial charge in [0.1, 0.15) is 0 Å². The molecule has 3 rings (SSSR count). The van der Waals surface area contributed by atoms with Crippen molar-refractivity contribution in [3.05, 3.63) is 38.2 Å². The lowest BCUT2D eigenvalue weighted by atomic mass is 10.0. The van der Waals surface area contributed by atoms with E-state index in [1.165, 1.54) is 53.7 Å². The van der Waals surface area contributed by atoms with E-state index < -0.39 is 0 Å². The molecule has 0 spiro atoms. The van der Waals surface area contributed by atoms with Crippen LogP contribution in [0.3, 0.4) is 0 Å². The lowest BCUT2D eigenvalue weighted by Gasteiger charge is -2.17. The highest BCUT2D eigenvalue weighted by Crippen LogP contribution is 2.44. The van der Waals surface area contributed by atoms with Gasteiger partial charge in [0.05, 0.1) is 0 Å². The van der Waals surface area contributed by atoms with Gasteiger partial charge in [-0.25, -0.2) is 0 Å². The maximum Gasteiger partial charge on any atom is 0.0415 e. The molecule has 0 saturated carbocycles. The van der Waals surface area contributed by atoms with Crippen molar-refractivity contribution in [2.45, 2.75) is 0 Å². The fourth-order valence-electron chi connectivity index (χ4n) is 2.21. The molecule has 0 nitrogen and oxygen atoms in total. The van der Waals surface area contributed by atoms with Gasteiger partial charge >= 0.3 is 0 Å². The van der Waals surface area contributed by atoms with Crippen molar-refractivity contribution in [2.24, 2.45) is 0 Å². The first-order valence-electron chi connectivity index (χ1n) is 5.70. The summed E-state index contributed by atoms with van der Waals surface area (Å²) < 4.78 is 11.9. The van der Waals surface area contributed by atoms with E-state index in [0.29, 0.717) is 0 Å². The van der Waals surface area contributed by atoms with Crippen molar-refractivity contribution < 1.29 is 0 Å². The van der Waals surface area contributed by atoms with Crippen LogP contribution in [-0.2, 0) is 0 Å². The number of hydrogen-bond donors (Lipinski definition) is 0. The Morgan fingerprint density at radius 2 is 0.826 bits per heavy atom. The maximum absolute atomic E-state index is 3.63. The van der Waals surface area contributed by atoms with E-state index in [9.17, 15) is 0 Å². The van der Waals surface area contributed by atoms with Gasteiger partial charge in [-0.05, 0) is 203 Å². The highest BCUT2D eigenvalue weighted by molar-refractivity contribution is 14.1. The van der Waals surface area contributed by atoms with Gasteiger partial charge in [-0.15, -0.1) is 0 Å². The number of benzene rings is 3. The van der Waals surface area contributed by atoms with Crippen LogP contribution in [-0.4, -0.2) is 0 Å². The van der Waals surface area contributed by atoms with E-state index in [2.05, 4.69) is 209 Å². The van der Waals surface area contributed by atoms with Crippen LogP contribution in [0.15, 0.2) is 0 Å². The molecule has 0 unspecified atom stereocenters. The molecule has 0 aliphatic rings. The third kappa shape index (κ3) is 3.91. The Morgan fingerprint density at radius 3 is 1.35 bits per heavy atom. The lowest BCUT2D eigenvalue weighted by Crippen LogP contribution is -2.01. The maximum atomic E-state index is 3.63. The standard InChI is InChI=1S/C14I9/c15-3-1-2-4(10(19)8(3)17)9(18)6-5(7(2)16)11(20)13(22)14(23)12(6)21. The normalized spacial score (nSPS) is 11.7. The van der Waals surface area contributed by atoms with Crippen molar-refractivity contribution in [1.29, 1.82) is 0 Å². The fourth-order valence-corrected chi connectivity index (χ4v) is 11.8. The van der Waals surface area contributed by atoms with Gasteiger partial charge in [-0.1, -0.05) is 0 Å². The Bertz CT molecular complexity index is 1010. The Kier molecular flexibility index (Phi) is 8.64. The summed E-state index contributed by atoms with van der Waals surface area (Å²) in [4.78, 5) is 0. The summed E-state index contributed by atoms with van der Waals surface area (Å²) >= 11 is 22.3.